The molecule has 0 atom stereocenters. The third-order valence-corrected chi connectivity index (χ3v) is 4.50. The van der Waals surface area contributed by atoms with Crippen LogP contribution in [0, 0.1) is 0 Å². The van der Waals surface area contributed by atoms with Crippen molar-refractivity contribution in [2.45, 2.75) is 6.54 Å². The molecule has 0 aromatic heterocycles. The van der Waals surface area contributed by atoms with E-state index < -0.39 is 0 Å². The van der Waals surface area contributed by atoms with E-state index in [2.05, 4.69) is 5.32 Å². The molecule has 0 fully saturated rings. The van der Waals surface area contributed by atoms with Crippen LogP contribution in [-0.4, -0.2) is 38.6 Å². The van der Waals surface area contributed by atoms with Crippen molar-refractivity contribution in [1.29, 1.82) is 0 Å². The van der Waals surface area contributed by atoms with E-state index in [-0.39, 0.29) is 12.5 Å². The lowest BCUT2D eigenvalue weighted by Gasteiger charge is -2.18. The molecular formula is C18H19Cl3N2O3. The van der Waals surface area contributed by atoms with Crippen molar-refractivity contribution in [3.05, 3.63) is 51.0 Å². The van der Waals surface area contributed by atoms with Crippen molar-refractivity contribution in [1.82, 2.24) is 4.90 Å². The number of carbonyl (C=O) groups excluding carboxylic acids is 1. The molecular weight excluding hydrogens is 399 g/mol. The quantitative estimate of drug-likeness (QED) is 0.707. The van der Waals surface area contributed by atoms with Crippen molar-refractivity contribution in [2.24, 2.45) is 0 Å². The van der Waals surface area contributed by atoms with Gasteiger partial charge in [0, 0.05) is 28.7 Å². The lowest BCUT2D eigenvalue weighted by Crippen LogP contribution is -2.30. The number of nitrogens with one attached hydrogen (secondary N) is 1. The van der Waals surface area contributed by atoms with Gasteiger partial charge in [0.15, 0.2) is 0 Å². The Morgan fingerprint density at radius 1 is 1.04 bits per heavy atom. The third-order valence-electron chi connectivity index (χ3n) is 3.62. The molecule has 140 valence electrons. The molecule has 2 aromatic rings. The number of amides is 1. The van der Waals surface area contributed by atoms with Crippen LogP contribution >= 0.6 is 34.8 Å². The van der Waals surface area contributed by atoms with Crippen LogP contribution < -0.4 is 14.8 Å². The largest absolute Gasteiger partial charge is 0.495 e. The number of carbonyl (C=O) groups is 1. The van der Waals surface area contributed by atoms with Crippen LogP contribution in [0.3, 0.4) is 0 Å². The van der Waals surface area contributed by atoms with Gasteiger partial charge in [0.1, 0.15) is 11.5 Å². The summed E-state index contributed by atoms with van der Waals surface area (Å²) < 4.78 is 10.4. The number of hydrogen-bond donors (Lipinski definition) is 1. The highest BCUT2D eigenvalue weighted by atomic mass is 35.5. The molecule has 0 aliphatic carbocycles. The number of nitrogens with zero attached hydrogens (tertiary/aromatic N) is 1. The van der Waals surface area contributed by atoms with Gasteiger partial charge in [0.2, 0.25) is 5.91 Å². The molecule has 5 nitrogen and oxygen atoms in total. The van der Waals surface area contributed by atoms with E-state index in [1.54, 1.807) is 24.3 Å². The monoisotopic (exact) mass is 416 g/mol. The van der Waals surface area contributed by atoms with E-state index in [9.17, 15) is 4.79 Å². The molecule has 2 aromatic carbocycles. The zero-order chi connectivity index (χ0) is 19.3. The molecule has 2 rings (SSSR count). The Balaban J connectivity index is 2.04. The summed E-state index contributed by atoms with van der Waals surface area (Å²) in [6.07, 6.45) is 0. The van der Waals surface area contributed by atoms with Gasteiger partial charge in [-0.05, 0) is 24.7 Å². The van der Waals surface area contributed by atoms with Gasteiger partial charge >= 0.3 is 0 Å². The lowest BCUT2D eigenvalue weighted by molar-refractivity contribution is -0.117. The first-order valence-electron chi connectivity index (χ1n) is 7.68. The van der Waals surface area contributed by atoms with E-state index in [1.165, 1.54) is 14.2 Å². The smallest absolute Gasteiger partial charge is 0.238 e. The minimum atomic E-state index is -0.208. The maximum Gasteiger partial charge on any atom is 0.238 e. The minimum Gasteiger partial charge on any atom is -0.495 e. The number of anilines is 1. The minimum absolute atomic E-state index is 0.160. The van der Waals surface area contributed by atoms with Crippen LogP contribution in [0.1, 0.15) is 5.56 Å². The molecule has 26 heavy (non-hydrogen) atoms. The molecule has 0 bridgehead atoms. The van der Waals surface area contributed by atoms with Crippen molar-refractivity contribution >= 4 is 46.4 Å². The predicted molar refractivity (Wildman–Crippen MR) is 106 cm³/mol. The Labute approximate surface area is 167 Å². The Kier molecular flexibility index (Phi) is 7.41. The first-order valence-corrected chi connectivity index (χ1v) is 8.81. The first-order chi connectivity index (χ1) is 12.3. The summed E-state index contributed by atoms with van der Waals surface area (Å²) in [5, 5.41) is 4.34. The number of rotatable bonds is 7. The van der Waals surface area contributed by atoms with Gasteiger partial charge in [-0.3, -0.25) is 9.69 Å². The fourth-order valence-corrected chi connectivity index (χ4v) is 3.09. The zero-order valence-electron chi connectivity index (χ0n) is 14.6. The maximum absolute atomic E-state index is 12.4. The van der Waals surface area contributed by atoms with Crippen LogP contribution in [0.4, 0.5) is 5.69 Å². The van der Waals surface area contributed by atoms with Crippen molar-refractivity contribution < 1.29 is 14.3 Å². The zero-order valence-corrected chi connectivity index (χ0v) is 16.9. The number of halogens is 3. The number of likely N-dealkylation sites (N-methyl/N-ethyl adjacent to an activating group) is 1. The molecule has 1 amide bonds. The number of ether oxygens (including phenoxy) is 2. The number of benzene rings is 2. The van der Waals surface area contributed by atoms with Crippen LogP contribution in [-0.2, 0) is 11.3 Å². The Hall–Kier alpha value is -1.66. The molecule has 0 heterocycles. The molecule has 0 radical (unpaired) electrons. The average Bonchev–Trinajstić information content (AvgIpc) is 2.58. The van der Waals surface area contributed by atoms with Crippen LogP contribution in [0.15, 0.2) is 30.3 Å². The van der Waals surface area contributed by atoms with E-state index >= 15 is 0 Å². The summed E-state index contributed by atoms with van der Waals surface area (Å²) in [6.45, 7) is 0.664. The second kappa shape index (κ2) is 9.33. The van der Waals surface area contributed by atoms with Crippen LogP contribution in [0.5, 0.6) is 11.5 Å². The predicted octanol–water partition coefficient (Wildman–Crippen LogP) is 4.73. The highest BCUT2D eigenvalue weighted by Gasteiger charge is 2.14. The Bertz CT molecular complexity index is 799. The summed E-state index contributed by atoms with van der Waals surface area (Å²) in [6, 6.07) is 8.49. The number of hydrogen-bond acceptors (Lipinski definition) is 4. The molecule has 0 saturated heterocycles. The highest BCUT2D eigenvalue weighted by molar-refractivity contribution is 6.35. The standard InChI is InChI=1S/C18H19Cl3N2O3/c1-23(9-11-4-5-12(19)6-13(11)20)10-18(24)22-15-8-16(25-2)14(21)7-17(15)26-3/h4-8H,9-10H2,1-3H3,(H,22,24). The SMILES string of the molecule is COc1cc(NC(=O)CN(C)Cc2ccc(Cl)cc2Cl)c(OC)cc1Cl. The summed E-state index contributed by atoms with van der Waals surface area (Å²) in [4.78, 5) is 14.2. The molecule has 8 heteroatoms. The Morgan fingerprint density at radius 2 is 1.73 bits per heavy atom. The van der Waals surface area contributed by atoms with Crippen LogP contribution in [0.25, 0.3) is 0 Å². The lowest BCUT2D eigenvalue weighted by atomic mass is 10.2. The summed E-state index contributed by atoms with van der Waals surface area (Å²) in [5.41, 5.74) is 1.37. The highest BCUT2D eigenvalue weighted by Crippen LogP contribution is 2.35. The topological polar surface area (TPSA) is 50.8 Å². The summed E-state index contributed by atoms with van der Waals surface area (Å²) in [5.74, 6) is 0.692. The van der Waals surface area contributed by atoms with E-state index in [0.29, 0.717) is 38.8 Å². The van der Waals surface area contributed by atoms with Gasteiger partial charge in [-0.1, -0.05) is 40.9 Å². The molecule has 0 aliphatic rings. The summed E-state index contributed by atoms with van der Waals surface area (Å²) >= 11 is 18.1. The van der Waals surface area contributed by atoms with Crippen LogP contribution in [0.2, 0.25) is 15.1 Å². The van der Waals surface area contributed by atoms with Gasteiger partial charge in [-0.15, -0.1) is 0 Å². The number of methoxy groups -OCH3 is 2. The average molecular weight is 418 g/mol. The van der Waals surface area contributed by atoms with Gasteiger partial charge in [0.25, 0.3) is 0 Å². The molecule has 0 unspecified atom stereocenters. The first kappa shape index (κ1) is 20.6. The molecule has 0 saturated carbocycles. The Morgan fingerprint density at radius 3 is 2.35 bits per heavy atom. The molecule has 1 N–H and O–H groups in total. The maximum atomic E-state index is 12.4. The summed E-state index contributed by atoms with van der Waals surface area (Å²) in [7, 11) is 4.83. The van der Waals surface area contributed by atoms with Gasteiger partial charge in [-0.2, -0.15) is 0 Å². The third kappa shape index (κ3) is 5.42. The van der Waals surface area contributed by atoms with Crippen molar-refractivity contribution in [3.8, 4) is 11.5 Å². The van der Waals surface area contributed by atoms with Gasteiger partial charge < -0.3 is 14.8 Å². The fourth-order valence-electron chi connectivity index (χ4n) is 2.39. The fraction of sp³-hybridized carbons (Fsp3) is 0.278. The molecule has 0 aliphatic heterocycles. The van der Waals surface area contributed by atoms with Gasteiger partial charge in [0.05, 0.1) is 31.5 Å². The second-order valence-corrected chi connectivity index (χ2v) is 6.89. The second-order valence-electron chi connectivity index (χ2n) is 5.64. The van der Waals surface area contributed by atoms with Gasteiger partial charge in [-0.25, -0.2) is 0 Å². The van der Waals surface area contributed by atoms with Crippen molar-refractivity contribution in [3.63, 3.8) is 0 Å². The van der Waals surface area contributed by atoms with E-state index in [1.807, 2.05) is 18.0 Å². The van der Waals surface area contributed by atoms with Crippen molar-refractivity contribution in [2.75, 3.05) is 33.1 Å². The van der Waals surface area contributed by atoms with E-state index in [0.717, 1.165) is 5.56 Å². The molecule has 0 spiro atoms. The normalized spacial score (nSPS) is 10.7. The van der Waals surface area contributed by atoms with E-state index in [4.69, 9.17) is 44.3 Å².